The Labute approximate surface area is 103 Å². The van der Waals surface area contributed by atoms with Gasteiger partial charge in [-0.3, -0.25) is 4.79 Å². The minimum Gasteiger partial charge on any atom is -0.392 e. The normalized spacial score (nSPS) is 18.7. The summed E-state index contributed by atoms with van der Waals surface area (Å²) in [6.07, 6.45) is 3.68. The van der Waals surface area contributed by atoms with Crippen LogP contribution in [0.1, 0.15) is 25.7 Å². The van der Waals surface area contributed by atoms with Crippen molar-refractivity contribution in [3.05, 3.63) is 0 Å². The van der Waals surface area contributed by atoms with Gasteiger partial charge in [0.15, 0.2) is 0 Å². The molecule has 92 valence electrons. The van der Waals surface area contributed by atoms with Crippen molar-refractivity contribution in [1.82, 2.24) is 10.2 Å². The van der Waals surface area contributed by atoms with Crippen LogP contribution in [-0.2, 0) is 4.79 Å². The van der Waals surface area contributed by atoms with Gasteiger partial charge in [-0.05, 0) is 26.9 Å². The number of amides is 1. The Kier molecular flexibility index (Phi) is 4.68. The molecule has 1 aliphatic rings. The van der Waals surface area contributed by atoms with Gasteiger partial charge in [0.05, 0.1) is 10.4 Å². The summed E-state index contributed by atoms with van der Waals surface area (Å²) < 4.78 is 0. The van der Waals surface area contributed by atoms with E-state index in [1.165, 1.54) is 0 Å². The predicted molar refractivity (Wildman–Crippen MR) is 69.3 cm³/mol. The van der Waals surface area contributed by atoms with E-state index in [2.05, 4.69) is 5.32 Å². The van der Waals surface area contributed by atoms with E-state index in [0.717, 1.165) is 32.2 Å². The highest BCUT2D eigenvalue weighted by molar-refractivity contribution is 7.80. The van der Waals surface area contributed by atoms with Gasteiger partial charge in [-0.2, -0.15) is 0 Å². The summed E-state index contributed by atoms with van der Waals surface area (Å²) >= 11 is 5.05. The number of hydrogen-bond acceptors (Lipinski definition) is 3. The van der Waals surface area contributed by atoms with Gasteiger partial charge < -0.3 is 16.0 Å². The molecule has 0 bridgehead atoms. The molecule has 1 rings (SSSR count). The smallest absolute Gasteiger partial charge is 0.233 e. The van der Waals surface area contributed by atoms with Crippen LogP contribution in [-0.4, -0.2) is 43.0 Å². The molecule has 0 spiro atoms. The number of hydrogen-bond donors (Lipinski definition) is 2. The van der Waals surface area contributed by atoms with Gasteiger partial charge >= 0.3 is 0 Å². The van der Waals surface area contributed by atoms with Crippen LogP contribution < -0.4 is 11.1 Å². The third-order valence-corrected chi connectivity index (χ3v) is 3.60. The van der Waals surface area contributed by atoms with E-state index in [4.69, 9.17) is 18.0 Å². The fourth-order valence-corrected chi connectivity index (χ4v) is 2.42. The van der Waals surface area contributed by atoms with Gasteiger partial charge in [-0.1, -0.05) is 25.1 Å². The zero-order chi connectivity index (χ0) is 12.2. The third kappa shape index (κ3) is 2.92. The number of carbonyl (C=O) groups is 1. The molecule has 0 aliphatic heterocycles. The first-order chi connectivity index (χ1) is 7.49. The topological polar surface area (TPSA) is 58.4 Å². The minimum atomic E-state index is -0.568. The molecule has 4 nitrogen and oxygen atoms in total. The highest BCUT2D eigenvalue weighted by atomic mass is 32.1. The fourth-order valence-electron chi connectivity index (χ4n) is 2.13. The van der Waals surface area contributed by atoms with Crippen molar-refractivity contribution in [2.75, 3.05) is 27.2 Å². The molecule has 0 aromatic rings. The Bertz CT molecular complexity index is 272. The average Bonchev–Trinajstić information content (AvgIpc) is 2.66. The quantitative estimate of drug-likeness (QED) is 0.691. The molecular weight excluding hydrogens is 222 g/mol. The lowest BCUT2D eigenvalue weighted by atomic mass is 9.85. The molecule has 1 fully saturated rings. The van der Waals surface area contributed by atoms with E-state index in [1.807, 2.05) is 19.0 Å². The largest absolute Gasteiger partial charge is 0.392 e. The van der Waals surface area contributed by atoms with Crippen molar-refractivity contribution in [3.63, 3.8) is 0 Å². The molecule has 16 heavy (non-hydrogen) atoms. The molecule has 0 aromatic heterocycles. The van der Waals surface area contributed by atoms with E-state index >= 15 is 0 Å². The predicted octanol–water partition coefficient (Wildman–Crippen LogP) is 0.511. The monoisotopic (exact) mass is 243 g/mol. The first-order valence-electron chi connectivity index (χ1n) is 5.72. The summed E-state index contributed by atoms with van der Waals surface area (Å²) in [6.45, 7) is 1.48. The van der Waals surface area contributed by atoms with Gasteiger partial charge in [-0.25, -0.2) is 0 Å². The zero-order valence-electron chi connectivity index (χ0n) is 10.1. The number of thiocarbonyl (C=S) groups is 1. The second kappa shape index (κ2) is 5.59. The molecule has 1 saturated carbocycles. The Morgan fingerprint density at radius 1 is 1.44 bits per heavy atom. The molecule has 0 saturated heterocycles. The minimum absolute atomic E-state index is 0.0133. The standard InChI is InChI=1S/C11H21N3OS/c1-14(2)8-7-13-10(15)11(9(12)16)5-3-4-6-11/h3-8H2,1-2H3,(H2,12,16)(H,13,15). The van der Waals surface area contributed by atoms with Gasteiger partial charge in [0.1, 0.15) is 0 Å². The second-order valence-electron chi connectivity index (χ2n) is 4.71. The maximum Gasteiger partial charge on any atom is 0.233 e. The molecule has 1 amide bonds. The van der Waals surface area contributed by atoms with Gasteiger partial charge in [0.2, 0.25) is 5.91 Å². The van der Waals surface area contributed by atoms with Crippen LogP contribution in [0.4, 0.5) is 0 Å². The van der Waals surface area contributed by atoms with Crippen molar-refractivity contribution < 1.29 is 4.79 Å². The van der Waals surface area contributed by atoms with Crippen molar-refractivity contribution in [1.29, 1.82) is 0 Å². The SMILES string of the molecule is CN(C)CCNC(=O)C1(C(N)=S)CCCC1. The molecule has 0 aromatic carbocycles. The van der Waals surface area contributed by atoms with Crippen molar-refractivity contribution >= 4 is 23.1 Å². The molecule has 0 radical (unpaired) electrons. The van der Waals surface area contributed by atoms with Crippen LogP contribution in [0.2, 0.25) is 0 Å². The van der Waals surface area contributed by atoms with E-state index in [9.17, 15) is 4.79 Å². The number of likely N-dealkylation sites (N-methyl/N-ethyl adjacent to an activating group) is 1. The highest BCUT2D eigenvalue weighted by Gasteiger charge is 2.43. The maximum absolute atomic E-state index is 12.1. The molecule has 3 N–H and O–H groups in total. The van der Waals surface area contributed by atoms with E-state index in [0.29, 0.717) is 11.5 Å². The lowest BCUT2D eigenvalue weighted by Crippen LogP contribution is -2.48. The average molecular weight is 243 g/mol. The van der Waals surface area contributed by atoms with Crippen molar-refractivity contribution in [2.24, 2.45) is 11.1 Å². The van der Waals surface area contributed by atoms with Crippen LogP contribution in [0.5, 0.6) is 0 Å². The van der Waals surface area contributed by atoms with E-state index in [-0.39, 0.29) is 5.91 Å². The van der Waals surface area contributed by atoms with Crippen LogP contribution in [0.15, 0.2) is 0 Å². The number of nitrogens with one attached hydrogen (secondary N) is 1. The fraction of sp³-hybridized carbons (Fsp3) is 0.818. The Balaban J connectivity index is 2.52. The summed E-state index contributed by atoms with van der Waals surface area (Å²) in [4.78, 5) is 14.5. The number of carbonyl (C=O) groups excluding carboxylic acids is 1. The van der Waals surface area contributed by atoms with Crippen LogP contribution >= 0.6 is 12.2 Å². The second-order valence-corrected chi connectivity index (χ2v) is 5.15. The summed E-state index contributed by atoms with van der Waals surface area (Å²) in [5.41, 5.74) is 5.16. The number of nitrogens with two attached hydrogens (primary N) is 1. The van der Waals surface area contributed by atoms with E-state index in [1.54, 1.807) is 0 Å². The first-order valence-corrected chi connectivity index (χ1v) is 6.13. The Morgan fingerprint density at radius 2 is 2.00 bits per heavy atom. The molecular formula is C11H21N3OS. The van der Waals surface area contributed by atoms with Crippen LogP contribution in [0.3, 0.4) is 0 Å². The van der Waals surface area contributed by atoms with Gasteiger partial charge in [0.25, 0.3) is 0 Å². The maximum atomic E-state index is 12.1. The molecule has 0 atom stereocenters. The molecule has 0 heterocycles. The van der Waals surface area contributed by atoms with Gasteiger partial charge in [-0.15, -0.1) is 0 Å². The zero-order valence-corrected chi connectivity index (χ0v) is 10.9. The highest BCUT2D eigenvalue weighted by Crippen LogP contribution is 2.38. The summed E-state index contributed by atoms with van der Waals surface area (Å²) in [7, 11) is 3.95. The number of nitrogens with zero attached hydrogens (tertiary/aromatic N) is 1. The third-order valence-electron chi connectivity index (χ3n) is 3.21. The summed E-state index contributed by atoms with van der Waals surface area (Å²) in [6, 6.07) is 0. The Morgan fingerprint density at radius 3 is 2.44 bits per heavy atom. The molecule has 5 heteroatoms. The van der Waals surface area contributed by atoms with Crippen LogP contribution in [0.25, 0.3) is 0 Å². The van der Waals surface area contributed by atoms with E-state index < -0.39 is 5.41 Å². The number of rotatable bonds is 5. The van der Waals surface area contributed by atoms with Crippen molar-refractivity contribution in [3.8, 4) is 0 Å². The van der Waals surface area contributed by atoms with Crippen molar-refractivity contribution in [2.45, 2.75) is 25.7 Å². The lowest BCUT2D eigenvalue weighted by molar-refractivity contribution is -0.127. The Hall–Kier alpha value is -0.680. The lowest BCUT2D eigenvalue weighted by Gasteiger charge is -2.26. The molecule has 1 aliphatic carbocycles. The van der Waals surface area contributed by atoms with Crippen LogP contribution in [0, 0.1) is 5.41 Å². The summed E-state index contributed by atoms with van der Waals surface area (Å²) in [5.74, 6) is 0.0133. The summed E-state index contributed by atoms with van der Waals surface area (Å²) in [5, 5.41) is 2.93. The first kappa shape index (κ1) is 13.4. The van der Waals surface area contributed by atoms with Gasteiger partial charge in [0, 0.05) is 13.1 Å². The molecule has 0 unspecified atom stereocenters.